The van der Waals surface area contributed by atoms with E-state index in [0.717, 1.165) is 49.5 Å². The first-order chi connectivity index (χ1) is 16.0. The van der Waals surface area contributed by atoms with Gasteiger partial charge in [-0.2, -0.15) is 26.3 Å². The van der Waals surface area contributed by atoms with Gasteiger partial charge < -0.3 is 14.4 Å². The highest BCUT2D eigenvalue weighted by atomic mass is 32.1. The summed E-state index contributed by atoms with van der Waals surface area (Å²) < 4.78 is 84.0. The summed E-state index contributed by atoms with van der Waals surface area (Å²) in [5.74, 6) is -0.859. The third kappa shape index (κ3) is 9.49. The summed E-state index contributed by atoms with van der Waals surface area (Å²) >= 11 is 1.17. The second kappa shape index (κ2) is 11.8. The molecule has 2 aliphatic heterocycles. The molecule has 3 heterocycles. The number of rotatable bonds is 8. The average Bonchev–Trinajstić information content (AvgIpc) is 3.06. The van der Waals surface area contributed by atoms with E-state index in [0.29, 0.717) is 19.4 Å². The molecule has 1 saturated heterocycles. The van der Waals surface area contributed by atoms with Crippen LogP contribution >= 0.6 is 11.3 Å². The molecule has 0 aliphatic carbocycles. The number of amides is 1. The van der Waals surface area contributed by atoms with Gasteiger partial charge in [0.05, 0.1) is 24.8 Å². The van der Waals surface area contributed by atoms with E-state index in [9.17, 15) is 31.1 Å². The molecular weight excluding hydrogens is 488 g/mol. The van der Waals surface area contributed by atoms with Crippen molar-refractivity contribution in [3.05, 3.63) is 10.6 Å². The van der Waals surface area contributed by atoms with Crippen LogP contribution in [0.4, 0.5) is 26.3 Å². The Morgan fingerprint density at radius 3 is 2.62 bits per heavy atom. The zero-order chi connectivity index (χ0) is 24.8. The maximum absolute atomic E-state index is 12.3. The molecular formula is C21H27F6N3O3S. The predicted molar refractivity (Wildman–Crippen MR) is 113 cm³/mol. The summed E-state index contributed by atoms with van der Waals surface area (Å²) in [6, 6.07) is 0. The van der Waals surface area contributed by atoms with Crippen molar-refractivity contribution in [3.63, 3.8) is 0 Å². The van der Waals surface area contributed by atoms with Crippen molar-refractivity contribution >= 4 is 23.5 Å². The van der Waals surface area contributed by atoms with Crippen molar-refractivity contribution in [3.8, 4) is 5.19 Å². The number of thiazole rings is 1. The van der Waals surface area contributed by atoms with Crippen LogP contribution in [-0.4, -0.2) is 73.3 Å². The molecule has 2 aliphatic rings. The Balaban J connectivity index is 1.33. The van der Waals surface area contributed by atoms with Gasteiger partial charge in [-0.15, -0.1) is 0 Å². The summed E-state index contributed by atoms with van der Waals surface area (Å²) in [6.07, 6.45) is -5.41. The number of ether oxygens (including phenoxy) is 2. The maximum Gasteiger partial charge on any atom is 0.422 e. The summed E-state index contributed by atoms with van der Waals surface area (Å²) in [5.41, 5.74) is 0.797. The molecule has 3 rings (SSSR count). The molecule has 0 spiro atoms. The minimum Gasteiger partial charge on any atom is -0.460 e. The molecule has 0 bridgehead atoms. The van der Waals surface area contributed by atoms with Crippen LogP contribution in [0.2, 0.25) is 0 Å². The molecule has 6 nitrogen and oxygen atoms in total. The van der Waals surface area contributed by atoms with Gasteiger partial charge in [0.2, 0.25) is 5.91 Å². The lowest BCUT2D eigenvalue weighted by atomic mass is 9.98. The highest BCUT2D eigenvalue weighted by Gasteiger charge is 2.30. The van der Waals surface area contributed by atoms with Crippen molar-refractivity contribution in [2.24, 2.45) is 10.9 Å². The predicted octanol–water partition coefficient (Wildman–Crippen LogP) is 4.61. The Hall–Kier alpha value is -1.73. The molecule has 13 heteroatoms. The average molecular weight is 516 g/mol. The lowest BCUT2D eigenvalue weighted by Crippen LogP contribution is -2.33. The van der Waals surface area contributed by atoms with Crippen LogP contribution in [0, 0.1) is 5.92 Å². The Labute approximate surface area is 197 Å². The fourth-order valence-corrected chi connectivity index (χ4v) is 4.76. The first-order valence-corrected chi connectivity index (χ1v) is 11.9. The number of alkyl halides is 6. The Morgan fingerprint density at radius 2 is 1.94 bits per heavy atom. The van der Waals surface area contributed by atoms with Crippen molar-refractivity contribution in [2.45, 2.75) is 63.4 Å². The van der Waals surface area contributed by atoms with Gasteiger partial charge in [0.1, 0.15) is 0 Å². The van der Waals surface area contributed by atoms with E-state index in [1.807, 2.05) is 0 Å². The standard InChI is InChI=1S/C21H27F6N3O3S/c22-20(23,24)7-3-18(31)28-11-14-1-2-15(32-12-14)4-8-30-9-5-16-17(6-10-30)34-19(29-16)33-13-21(25,26)27/h11,14-15H,1-10,12-13H2/t14?,15-/m1/s1. The van der Waals surface area contributed by atoms with E-state index >= 15 is 0 Å². The molecule has 1 aromatic heterocycles. The van der Waals surface area contributed by atoms with E-state index in [4.69, 9.17) is 9.47 Å². The Morgan fingerprint density at radius 1 is 1.18 bits per heavy atom. The molecule has 1 unspecified atom stereocenters. The number of hydrogen-bond acceptors (Lipinski definition) is 6. The van der Waals surface area contributed by atoms with Gasteiger partial charge >= 0.3 is 12.4 Å². The van der Waals surface area contributed by atoms with Crippen LogP contribution < -0.4 is 4.74 Å². The van der Waals surface area contributed by atoms with Crippen LogP contribution in [0.1, 0.15) is 42.7 Å². The molecule has 34 heavy (non-hydrogen) atoms. The maximum atomic E-state index is 12.3. The number of hydrogen-bond donors (Lipinski definition) is 0. The van der Waals surface area contributed by atoms with E-state index in [-0.39, 0.29) is 17.2 Å². The monoisotopic (exact) mass is 515 g/mol. The molecule has 0 radical (unpaired) electrons. The quantitative estimate of drug-likeness (QED) is 0.374. The number of fused-ring (bicyclic) bond motifs is 1. The Bertz CT molecular complexity index is 809. The van der Waals surface area contributed by atoms with Gasteiger partial charge in [0.25, 0.3) is 5.19 Å². The normalized spacial score (nSPS) is 22.5. The summed E-state index contributed by atoms with van der Waals surface area (Å²) in [5, 5.41) is 0.0616. The molecule has 0 N–H and O–H groups in total. The summed E-state index contributed by atoms with van der Waals surface area (Å²) in [6.45, 7) is 1.37. The summed E-state index contributed by atoms with van der Waals surface area (Å²) in [4.78, 5) is 22.5. The van der Waals surface area contributed by atoms with Gasteiger partial charge in [0.15, 0.2) is 6.61 Å². The molecule has 0 saturated carbocycles. The minimum absolute atomic E-state index is 0.0587. The third-order valence-corrected chi connectivity index (χ3v) is 6.73. The molecule has 1 fully saturated rings. The first kappa shape index (κ1) is 26.9. The van der Waals surface area contributed by atoms with Gasteiger partial charge in [-0.3, -0.25) is 4.79 Å². The third-order valence-electron chi connectivity index (χ3n) is 5.66. The fraction of sp³-hybridized carbons (Fsp3) is 0.762. The highest BCUT2D eigenvalue weighted by Crippen LogP contribution is 2.30. The van der Waals surface area contributed by atoms with E-state index in [2.05, 4.69) is 14.9 Å². The SMILES string of the molecule is O=C(CCC(F)(F)F)N=CC1CC[C@H](CCN2CCc3nc(OCC(F)(F)F)sc3CC2)OC1. The van der Waals surface area contributed by atoms with Crippen LogP contribution in [0.15, 0.2) is 4.99 Å². The summed E-state index contributed by atoms with van der Waals surface area (Å²) in [7, 11) is 0. The smallest absolute Gasteiger partial charge is 0.422 e. The number of carbonyl (C=O) groups excluding carboxylic acids is 1. The van der Waals surface area contributed by atoms with Gasteiger partial charge in [-0.1, -0.05) is 11.3 Å². The second-order valence-electron chi connectivity index (χ2n) is 8.46. The van der Waals surface area contributed by atoms with Crippen LogP contribution in [-0.2, 0) is 22.4 Å². The molecule has 192 valence electrons. The molecule has 1 amide bonds. The lowest BCUT2D eigenvalue weighted by molar-refractivity contribution is -0.153. The number of aromatic nitrogens is 1. The minimum atomic E-state index is -4.39. The Kier molecular flexibility index (Phi) is 9.33. The zero-order valence-electron chi connectivity index (χ0n) is 18.5. The lowest BCUT2D eigenvalue weighted by Gasteiger charge is -2.29. The molecule has 0 aromatic carbocycles. The zero-order valence-corrected chi connectivity index (χ0v) is 19.3. The number of nitrogens with zero attached hydrogens (tertiary/aromatic N) is 3. The van der Waals surface area contributed by atoms with Gasteiger partial charge in [-0.05, 0) is 25.7 Å². The molecule has 1 aromatic rings. The van der Waals surface area contributed by atoms with Gasteiger partial charge in [-0.25, -0.2) is 9.98 Å². The van der Waals surface area contributed by atoms with Crippen molar-refractivity contribution in [1.29, 1.82) is 0 Å². The van der Waals surface area contributed by atoms with Crippen molar-refractivity contribution < 1.29 is 40.6 Å². The van der Waals surface area contributed by atoms with Crippen LogP contribution in [0.5, 0.6) is 5.19 Å². The molecule has 2 atom stereocenters. The number of halogens is 6. The number of carbonyl (C=O) groups is 1. The highest BCUT2D eigenvalue weighted by molar-refractivity contribution is 7.13. The second-order valence-corrected chi connectivity index (χ2v) is 9.51. The van der Waals surface area contributed by atoms with Gasteiger partial charge in [0, 0.05) is 49.5 Å². The van der Waals surface area contributed by atoms with Crippen LogP contribution in [0.25, 0.3) is 0 Å². The van der Waals surface area contributed by atoms with E-state index < -0.39 is 37.7 Å². The van der Waals surface area contributed by atoms with Crippen LogP contribution in [0.3, 0.4) is 0 Å². The fourth-order valence-electron chi connectivity index (χ4n) is 3.81. The largest absolute Gasteiger partial charge is 0.460 e. The van der Waals surface area contributed by atoms with Crippen molar-refractivity contribution in [2.75, 3.05) is 32.8 Å². The van der Waals surface area contributed by atoms with E-state index in [1.165, 1.54) is 17.6 Å². The first-order valence-electron chi connectivity index (χ1n) is 11.1. The number of aliphatic imine (C=N–C) groups is 1. The topological polar surface area (TPSA) is 64.0 Å². The van der Waals surface area contributed by atoms with E-state index in [1.54, 1.807) is 0 Å². The van der Waals surface area contributed by atoms with Crippen molar-refractivity contribution in [1.82, 2.24) is 9.88 Å².